The van der Waals surface area contributed by atoms with E-state index in [1.165, 1.54) is 15.6 Å². The summed E-state index contributed by atoms with van der Waals surface area (Å²) in [5.74, 6) is 1.81. The van der Waals surface area contributed by atoms with Crippen molar-refractivity contribution < 1.29 is 0 Å². The molecule has 0 amide bonds. The van der Waals surface area contributed by atoms with E-state index in [-0.39, 0.29) is 0 Å². The van der Waals surface area contributed by atoms with Gasteiger partial charge in [0.25, 0.3) is 0 Å². The number of aliphatic imine (C=N–C) groups is 1. The lowest BCUT2D eigenvalue weighted by Gasteiger charge is -2.36. The van der Waals surface area contributed by atoms with Gasteiger partial charge in [0.1, 0.15) is 0 Å². The predicted octanol–water partition coefficient (Wildman–Crippen LogP) is 2.13. The number of rotatable bonds is 6. The van der Waals surface area contributed by atoms with Crippen LogP contribution in [0.3, 0.4) is 0 Å². The molecule has 27 heavy (non-hydrogen) atoms. The average molecular weight is 388 g/mol. The molecule has 0 spiro atoms. The first-order valence-corrected chi connectivity index (χ1v) is 10.5. The van der Waals surface area contributed by atoms with E-state index in [9.17, 15) is 0 Å². The molecular formula is C19H29N7S. The van der Waals surface area contributed by atoms with Crippen molar-refractivity contribution in [2.45, 2.75) is 33.6 Å². The Hall–Kier alpha value is -2.22. The van der Waals surface area contributed by atoms with Crippen LogP contribution in [0.15, 0.2) is 23.5 Å². The fourth-order valence-corrected chi connectivity index (χ4v) is 4.19. The van der Waals surface area contributed by atoms with E-state index in [2.05, 4.69) is 45.9 Å². The number of piperazine rings is 1. The van der Waals surface area contributed by atoms with E-state index in [4.69, 9.17) is 9.98 Å². The van der Waals surface area contributed by atoms with E-state index < -0.39 is 0 Å². The number of aromatic nitrogens is 3. The fourth-order valence-electron chi connectivity index (χ4n) is 3.18. The second kappa shape index (κ2) is 9.64. The van der Waals surface area contributed by atoms with Crippen LogP contribution in [0.1, 0.15) is 29.4 Å². The van der Waals surface area contributed by atoms with E-state index in [1.807, 2.05) is 6.07 Å². The minimum atomic E-state index is 0.764. The van der Waals surface area contributed by atoms with Crippen LogP contribution in [-0.4, -0.2) is 65.1 Å². The van der Waals surface area contributed by atoms with Crippen LogP contribution >= 0.6 is 11.3 Å². The molecule has 0 aliphatic carbocycles. The first kappa shape index (κ1) is 19.5. The second-order valence-electron chi connectivity index (χ2n) is 6.47. The Morgan fingerprint density at radius 2 is 1.93 bits per heavy atom. The third-order valence-corrected chi connectivity index (χ3v) is 5.68. The van der Waals surface area contributed by atoms with Gasteiger partial charge in [0, 0.05) is 63.0 Å². The maximum Gasteiger partial charge on any atom is 0.225 e. The third kappa shape index (κ3) is 5.15. The van der Waals surface area contributed by atoms with Gasteiger partial charge < -0.3 is 15.1 Å². The van der Waals surface area contributed by atoms with Crippen LogP contribution in [0.4, 0.5) is 5.95 Å². The maximum atomic E-state index is 4.84. The van der Waals surface area contributed by atoms with Gasteiger partial charge in [-0.05, 0) is 26.3 Å². The highest BCUT2D eigenvalue weighted by atomic mass is 32.1. The van der Waals surface area contributed by atoms with E-state index in [1.54, 1.807) is 23.7 Å². The van der Waals surface area contributed by atoms with Crippen LogP contribution in [0.5, 0.6) is 0 Å². The third-order valence-electron chi connectivity index (χ3n) is 4.61. The molecule has 7 nitrogen and oxygen atoms in total. The number of aryl methyl sites for hydroxylation is 2. The molecule has 2 aromatic heterocycles. The molecule has 0 atom stereocenters. The summed E-state index contributed by atoms with van der Waals surface area (Å²) in [6.07, 6.45) is 5.50. The van der Waals surface area contributed by atoms with Crippen molar-refractivity contribution in [3.05, 3.63) is 34.0 Å². The van der Waals surface area contributed by atoms with Crippen LogP contribution < -0.4 is 10.2 Å². The zero-order valence-corrected chi connectivity index (χ0v) is 17.3. The second-order valence-corrected chi connectivity index (χ2v) is 7.76. The lowest BCUT2D eigenvalue weighted by molar-refractivity contribution is 0.370. The van der Waals surface area contributed by atoms with Gasteiger partial charge in [-0.2, -0.15) is 0 Å². The van der Waals surface area contributed by atoms with Gasteiger partial charge in [-0.1, -0.05) is 6.92 Å². The molecule has 3 rings (SSSR count). The molecule has 1 fully saturated rings. The van der Waals surface area contributed by atoms with Crippen LogP contribution in [-0.2, 0) is 12.8 Å². The average Bonchev–Trinajstić information content (AvgIpc) is 3.08. The van der Waals surface area contributed by atoms with Crippen molar-refractivity contribution >= 4 is 23.2 Å². The number of hydrogen-bond donors (Lipinski definition) is 1. The summed E-state index contributed by atoms with van der Waals surface area (Å²) in [6.45, 7) is 11.7. The van der Waals surface area contributed by atoms with Gasteiger partial charge in [0.05, 0.1) is 10.7 Å². The summed E-state index contributed by atoms with van der Waals surface area (Å²) in [5, 5.41) is 4.62. The Kier molecular flexibility index (Phi) is 6.98. The van der Waals surface area contributed by atoms with Crippen molar-refractivity contribution in [3.63, 3.8) is 0 Å². The molecule has 3 heterocycles. The monoisotopic (exact) mass is 387 g/mol. The van der Waals surface area contributed by atoms with Gasteiger partial charge in [-0.15, -0.1) is 11.3 Å². The molecule has 146 valence electrons. The number of hydrogen-bond acceptors (Lipinski definition) is 6. The maximum absolute atomic E-state index is 4.84. The van der Waals surface area contributed by atoms with Crippen molar-refractivity contribution in [2.24, 2.45) is 4.99 Å². The normalized spacial score (nSPS) is 15.3. The summed E-state index contributed by atoms with van der Waals surface area (Å²) in [4.78, 5) is 24.2. The van der Waals surface area contributed by atoms with E-state index in [0.29, 0.717) is 0 Å². The standard InChI is InChI=1S/C19H29N7S/c1-4-16-15(3)27-17(24-16)7-10-23-18(20-5-2)25-11-13-26(14-12-25)19-21-8-6-9-22-19/h6,8-9H,4-5,7,10-14H2,1-3H3,(H,20,23). The smallest absolute Gasteiger partial charge is 0.225 e. The summed E-state index contributed by atoms with van der Waals surface area (Å²) < 4.78 is 0. The topological polar surface area (TPSA) is 69.5 Å². The van der Waals surface area contributed by atoms with Crippen LogP contribution in [0, 0.1) is 6.92 Å². The molecule has 0 unspecified atom stereocenters. The van der Waals surface area contributed by atoms with Crippen molar-refractivity contribution in [2.75, 3.05) is 44.2 Å². The molecule has 0 aromatic carbocycles. The van der Waals surface area contributed by atoms with Crippen molar-refractivity contribution in [1.29, 1.82) is 0 Å². The highest BCUT2D eigenvalue weighted by Crippen LogP contribution is 2.18. The number of nitrogens with one attached hydrogen (secondary N) is 1. The molecule has 1 saturated heterocycles. The van der Waals surface area contributed by atoms with Crippen molar-refractivity contribution in [1.82, 2.24) is 25.2 Å². The summed E-state index contributed by atoms with van der Waals surface area (Å²) in [7, 11) is 0. The van der Waals surface area contributed by atoms with Gasteiger partial charge in [-0.3, -0.25) is 4.99 Å². The molecular weight excluding hydrogens is 358 g/mol. The van der Waals surface area contributed by atoms with Crippen molar-refractivity contribution in [3.8, 4) is 0 Å². The molecule has 1 aliphatic rings. The first-order chi connectivity index (χ1) is 13.2. The Bertz CT molecular complexity index is 736. The summed E-state index contributed by atoms with van der Waals surface area (Å²) >= 11 is 1.80. The minimum Gasteiger partial charge on any atom is -0.357 e. The molecule has 8 heteroatoms. The highest BCUT2D eigenvalue weighted by molar-refractivity contribution is 7.11. The van der Waals surface area contributed by atoms with E-state index >= 15 is 0 Å². The molecule has 1 aliphatic heterocycles. The molecule has 2 aromatic rings. The zero-order chi connectivity index (χ0) is 19.1. The lowest BCUT2D eigenvalue weighted by Crippen LogP contribution is -2.53. The van der Waals surface area contributed by atoms with E-state index in [0.717, 1.165) is 64.0 Å². The highest BCUT2D eigenvalue weighted by Gasteiger charge is 2.21. The SMILES string of the molecule is CCNC(=NCCc1nc(CC)c(C)s1)N1CCN(c2ncccn2)CC1. The Morgan fingerprint density at radius 1 is 1.19 bits per heavy atom. The largest absolute Gasteiger partial charge is 0.357 e. The van der Waals surface area contributed by atoms with Crippen LogP contribution in [0.2, 0.25) is 0 Å². The van der Waals surface area contributed by atoms with Gasteiger partial charge >= 0.3 is 0 Å². The molecule has 0 saturated carbocycles. The first-order valence-electron chi connectivity index (χ1n) is 9.71. The predicted molar refractivity (Wildman–Crippen MR) is 112 cm³/mol. The molecule has 0 radical (unpaired) electrons. The van der Waals surface area contributed by atoms with Gasteiger partial charge in [0.15, 0.2) is 5.96 Å². The quantitative estimate of drug-likeness (QED) is 0.605. The zero-order valence-electron chi connectivity index (χ0n) is 16.5. The number of thiazole rings is 1. The Labute approximate surface area is 165 Å². The molecule has 0 bridgehead atoms. The Morgan fingerprint density at radius 3 is 2.56 bits per heavy atom. The summed E-state index contributed by atoms with van der Waals surface area (Å²) in [6, 6.07) is 1.85. The minimum absolute atomic E-state index is 0.764. The van der Waals surface area contributed by atoms with Gasteiger partial charge in [-0.25, -0.2) is 15.0 Å². The molecule has 1 N–H and O–H groups in total. The van der Waals surface area contributed by atoms with Gasteiger partial charge in [0.2, 0.25) is 5.95 Å². The number of nitrogens with zero attached hydrogens (tertiary/aromatic N) is 6. The number of anilines is 1. The fraction of sp³-hybridized carbons (Fsp3) is 0.579. The van der Waals surface area contributed by atoms with Crippen LogP contribution in [0.25, 0.3) is 0 Å². The summed E-state index contributed by atoms with van der Waals surface area (Å²) in [5.41, 5.74) is 1.23. The number of guanidine groups is 1. The lowest BCUT2D eigenvalue weighted by atomic mass is 10.3. The Balaban J connectivity index is 1.56.